The topological polar surface area (TPSA) is 86.7 Å². The molecule has 7 heteroatoms. The molecule has 0 saturated carbocycles. The van der Waals surface area contributed by atoms with Gasteiger partial charge >= 0.3 is 5.97 Å². The van der Waals surface area contributed by atoms with Crippen molar-refractivity contribution in [3.63, 3.8) is 0 Å². The maximum Gasteiger partial charge on any atom is 0.352 e. The minimum Gasteiger partial charge on any atom is -0.477 e. The number of alkyl halides is 1. The molecule has 106 valence electrons. The minimum absolute atomic E-state index is 0.133. The number of carboxylic acids is 1. The van der Waals surface area contributed by atoms with E-state index in [1.54, 1.807) is 13.8 Å². The monoisotopic (exact) mass is 288 g/mol. The summed E-state index contributed by atoms with van der Waals surface area (Å²) in [5.41, 5.74) is -0.523. The molecule has 0 aliphatic carbocycles. The van der Waals surface area contributed by atoms with Gasteiger partial charge in [-0.05, 0) is 25.8 Å². The second kappa shape index (κ2) is 6.06. The summed E-state index contributed by atoms with van der Waals surface area (Å²) in [6.07, 6.45) is 0.972. The summed E-state index contributed by atoms with van der Waals surface area (Å²) in [6.45, 7) is 5.02. The Hall–Kier alpha value is -1.56. The molecule has 1 heterocycles. The summed E-state index contributed by atoms with van der Waals surface area (Å²) in [5.74, 6) is -1.97. The molecule has 2 N–H and O–H groups in total. The van der Waals surface area contributed by atoms with Crippen LogP contribution >= 0.6 is 11.6 Å². The smallest absolute Gasteiger partial charge is 0.352 e. The Kier molecular flexibility index (Phi) is 4.94. The first-order valence-corrected chi connectivity index (χ1v) is 6.42. The highest BCUT2D eigenvalue weighted by atomic mass is 35.5. The number of hydrogen-bond donors (Lipinski definition) is 2. The van der Waals surface area contributed by atoms with Gasteiger partial charge in [0.25, 0.3) is 5.91 Å². The lowest BCUT2D eigenvalue weighted by atomic mass is 10.0. The molecule has 2 amide bonds. The Labute approximate surface area is 116 Å². The zero-order valence-electron chi connectivity index (χ0n) is 11.1. The Morgan fingerprint density at radius 1 is 1.42 bits per heavy atom. The van der Waals surface area contributed by atoms with Crippen molar-refractivity contribution < 1.29 is 19.5 Å². The first-order valence-electron chi connectivity index (χ1n) is 5.98. The highest BCUT2D eigenvalue weighted by Crippen LogP contribution is 2.30. The van der Waals surface area contributed by atoms with Gasteiger partial charge in [0.15, 0.2) is 0 Å². The lowest BCUT2D eigenvalue weighted by Crippen LogP contribution is -2.68. The number of likely N-dealkylation sites (tertiary alicyclic amines) is 1. The van der Waals surface area contributed by atoms with Gasteiger partial charge in [-0.2, -0.15) is 0 Å². The van der Waals surface area contributed by atoms with Crippen LogP contribution in [0.3, 0.4) is 0 Å². The van der Waals surface area contributed by atoms with Crippen LogP contribution in [0.1, 0.15) is 33.6 Å². The van der Waals surface area contributed by atoms with Crippen molar-refractivity contribution in [2.75, 3.05) is 0 Å². The van der Waals surface area contributed by atoms with Crippen molar-refractivity contribution in [2.45, 2.75) is 45.2 Å². The van der Waals surface area contributed by atoms with Crippen LogP contribution in [0.4, 0.5) is 0 Å². The Morgan fingerprint density at radius 2 is 2.00 bits per heavy atom. The summed E-state index contributed by atoms with van der Waals surface area (Å²) < 4.78 is 0. The normalized spacial score (nSPS) is 21.7. The lowest BCUT2D eigenvalue weighted by molar-refractivity contribution is -0.150. The van der Waals surface area contributed by atoms with Crippen LogP contribution in [0.5, 0.6) is 0 Å². The molecule has 1 aliphatic heterocycles. The molecule has 0 aromatic carbocycles. The second-order valence-electron chi connectivity index (χ2n) is 4.53. The Balaban J connectivity index is 2.80. The molecule has 1 saturated heterocycles. The fourth-order valence-corrected chi connectivity index (χ4v) is 2.22. The van der Waals surface area contributed by atoms with Gasteiger partial charge < -0.3 is 10.4 Å². The number of aliphatic carboxylic acids is 1. The molecule has 6 nitrogen and oxygen atoms in total. The predicted octanol–water partition coefficient (Wildman–Crippen LogP) is 1.06. The van der Waals surface area contributed by atoms with E-state index in [9.17, 15) is 14.4 Å². The summed E-state index contributed by atoms with van der Waals surface area (Å²) in [5, 5.41) is 11.6. The van der Waals surface area contributed by atoms with Gasteiger partial charge in [-0.25, -0.2) is 4.79 Å². The summed E-state index contributed by atoms with van der Waals surface area (Å²) >= 11 is 6.00. The summed E-state index contributed by atoms with van der Waals surface area (Å²) in [7, 11) is 0. The third-order valence-electron chi connectivity index (χ3n) is 2.74. The number of allylic oxidation sites excluding steroid dienone is 1. The molecule has 1 fully saturated rings. The molecule has 1 rings (SSSR count). The summed E-state index contributed by atoms with van der Waals surface area (Å²) in [6, 6.07) is -0.852. The van der Waals surface area contributed by atoms with Gasteiger partial charge in [-0.3, -0.25) is 14.5 Å². The molecule has 0 spiro atoms. The number of rotatable bonds is 5. The molecule has 0 radical (unpaired) electrons. The van der Waals surface area contributed by atoms with Gasteiger partial charge in [-0.15, -0.1) is 0 Å². The number of amides is 2. The van der Waals surface area contributed by atoms with Gasteiger partial charge in [0.1, 0.15) is 17.2 Å². The average Bonchev–Trinajstić information content (AvgIpc) is 2.31. The number of carbonyl (C=O) groups is 3. The number of carbonyl (C=O) groups excluding carboxylic acids is 2. The molecule has 1 aliphatic rings. The van der Waals surface area contributed by atoms with E-state index in [0.717, 1.165) is 4.90 Å². The fraction of sp³-hybridized carbons (Fsp3) is 0.583. The number of nitrogens with one attached hydrogen (secondary N) is 1. The molecule has 2 unspecified atom stereocenters. The minimum atomic E-state index is -1.21. The maximum atomic E-state index is 11.9. The fourth-order valence-electron chi connectivity index (χ4n) is 1.85. The molecule has 0 aromatic heterocycles. The number of nitrogens with zero attached hydrogens (tertiary/aromatic N) is 1. The van der Waals surface area contributed by atoms with E-state index < -0.39 is 23.4 Å². The molecule has 19 heavy (non-hydrogen) atoms. The highest BCUT2D eigenvalue weighted by Gasteiger charge is 2.50. The standard InChI is InChI=1S/C12H17ClN2O4/c1-4-5-7(16)14-8-10(13)15(11(8)17)9(6(2)3)12(18)19/h8,10H,4-5H2,1-3H3,(H,14,16)(H,18,19). The van der Waals surface area contributed by atoms with E-state index in [0.29, 0.717) is 18.4 Å². The molecule has 0 bridgehead atoms. The van der Waals surface area contributed by atoms with Crippen LogP contribution in [-0.4, -0.2) is 39.3 Å². The molecule has 0 aromatic rings. The van der Waals surface area contributed by atoms with Gasteiger partial charge in [0.2, 0.25) is 5.91 Å². The lowest BCUT2D eigenvalue weighted by Gasteiger charge is -2.43. The van der Waals surface area contributed by atoms with Crippen molar-refractivity contribution >= 4 is 29.4 Å². The van der Waals surface area contributed by atoms with Gasteiger partial charge in [0, 0.05) is 6.42 Å². The van der Waals surface area contributed by atoms with Crippen LogP contribution in [0.15, 0.2) is 11.3 Å². The van der Waals surface area contributed by atoms with Crippen LogP contribution in [0.25, 0.3) is 0 Å². The third-order valence-corrected chi connectivity index (χ3v) is 3.18. The number of carboxylic acid groups (broad SMARTS) is 1. The van der Waals surface area contributed by atoms with Crippen LogP contribution in [0, 0.1) is 0 Å². The largest absolute Gasteiger partial charge is 0.477 e. The predicted molar refractivity (Wildman–Crippen MR) is 69.3 cm³/mol. The highest BCUT2D eigenvalue weighted by molar-refractivity contribution is 6.27. The SMILES string of the molecule is CCCC(=O)NC1C(=O)N(C(C(=O)O)=C(C)C)C1Cl. The first kappa shape index (κ1) is 15.5. The molecular weight excluding hydrogens is 272 g/mol. The Morgan fingerprint density at radius 3 is 2.37 bits per heavy atom. The third kappa shape index (κ3) is 3.07. The van der Waals surface area contributed by atoms with E-state index in [2.05, 4.69) is 5.32 Å². The van der Waals surface area contributed by atoms with E-state index in [1.165, 1.54) is 0 Å². The van der Waals surface area contributed by atoms with Crippen molar-refractivity contribution in [1.29, 1.82) is 0 Å². The average molecular weight is 289 g/mol. The van der Waals surface area contributed by atoms with Crippen molar-refractivity contribution in [3.8, 4) is 0 Å². The maximum absolute atomic E-state index is 11.9. The van der Waals surface area contributed by atoms with Crippen molar-refractivity contribution in [2.24, 2.45) is 0 Å². The van der Waals surface area contributed by atoms with Crippen LogP contribution in [-0.2, 0) is 14.4 Å². The van der Waals surface area contributed by atoms with Gasteiger partial charge in [-0.1, -0.05) is 18.5 Å². The molecule has 2 atom stereocenters. The van der Waals surface area contributed by atoms with E-state index in [1.807, 2.05) is 6.92 Å². The molecular formula is C12H17ClN2O4. The van der Waals surface area contributed by atoms with E-state index in [4.69, 9.17) is 16.7 Å². The van der Waals surface area contributed by atoms with E-state index >= 15 is 0 Å². The quantitative estimate of drug-likeness (QED) is 0.343. The number of halogens is 1. The van der Waals surface area contributed by atoms with Crippen LogP contribution < -0.4 is 5.32 Å². The first-order chi connectivity index (χ1) is 8.81. The zero-order chi connectivity index (χ0) is 14.7. The van der Waals surface area contributed by atoms with E-state index in [-0.39, 0.29) is 11.6 Å². The van der Waals surface area contributed by atoms with Crippen molar-refractivity contribution in [1.82, 2.24) is 10.2 Å². The Bertz CT molecular complexity index is 443. The summed E-state index contributed by atoms with van der Waals surface area (Å²) in [4.78, 5) is 35.4. The van der Waals surface area contributed by atoms with Crippen LogP contribution in [0.2, 0.25) is 0 Å². The zero-order valence-corrected chi connectivity index (χ0v) is 11.8. The number of β-lactam (4-membered cyclic amide) rings is 1. The van der Waals surface area contributed by atoms with Gasteiger partial charge in [0.05, 0.1) is 0 Å². The number of hydrogen-bond acceptors (Lipinski definition) is 3. The van der Waals surface area contributed by atoms with Crippen molar-refractivity contribution in [3.05, 3.63) is 11.3 Å². The second-order valence-corrected chi connectivity index (χ2v) is 4.98.